The lowest BCUT2D eigenvalue weighted by Gasteiger charge is -2.15. The van der Waals surface area contributed by atoms with Crippen LogP contribution in [0, 0.1) is 12.8 Å². The van der Waals surface area contributed by atoms with Gasteiger partial charge < -0.3 is 15.1 Å². The monoisotopic (exact) mass is 335 g/mol. The number of carbonyl (C=O) groups is 2. The molecular formula is C19H17N3O3. The van der Waals surface area contributed by atoms with Crippen molar-refractivity contribution in [1.29, 1.82) is 0 Å². The Hall–Kier alpha value is -3.15. The van der Waals surface area contributed by atoms with Gasteiger partial charge in [-0.25, -0.2) is 4.98 Å². The number of anilines is 1. The Morgan fingerprint density at radius 1 is 1.28 bits per heavy atom. The zero-order valence-corrected chi connectivity index (χ0v) is 13.7. The van der Waals surface area contributed by atoms with E-state index in [0.29, 0.717) is 29.2 Å². The number of aromatic nitrogens is 1. The second kappa shape index (κ2) is 5.73. The number of hydrogen-bond acceptors (Lipinski definition) is 4. The highest BCUT2D eigenvalue weighted by Crippen LogP contribution is 2.30. The zero-order valence-electron chi connectivity index (χ0n) is 13.7. The van der Waals surface area contributed by atoms with Gasteiger partial charge in [-0.2, -0.15) is 0 Å². The number of benzene rings is 2. The lowest BCUT2D eigenvalue weighted by atomic mass is 10.1. The number of amides is 2. The van der Waals surface area contributed by atoms with Crippen LogP contribution in [0.4, 0.5) is 5.69 Å². The van der Waals surface area contributed by atoms with Crippen molar-refractivity contribution in [3.63, 3.8) is 0 Å². The molecule has 1 saturated heterocycles. The van der Waals surface area contributed by atoms with Crippen molar-refractivity contribution in [2.75, 3.05) is 11.4 Å². The van der Waals surface area contributed by atoms with Crippen molar-refractivity contribution in [1.82, 2.24) is 4.98 Å². The molecule has 1 fully saturated rings. The zero-order chi connectivity index (χ0) is 17.6. The van der Waals surface area contributed by atoms with Gasteiger partial charge in [0.2, 0.25) is 17.7 Å². The minimum Gasteiger partial charge on any atom is -0.436 e. The highest BCUT2D eigenvalue weighted by molar-refractivity contribution is 6.01. The van der Waals surface area contributed by atoms with E-state index in [1.165, 1.54) is 0 Å². The second-order valence-electron chi connectivity index (χ2n) is 6.35. The fourth-order valence-corrected chi connectivity index (χ4v) is 3.13. The molecule has 3 aromatic rings. The minimum atomic E-state index is -0.444. The Bertz CT molecular complexity index is 992. The molecule has 0 aliphatic carbocycles. The van der Waals surface area contributed by atoms with E-state index in [0.717, 1.165) is 11.1 Å². The van der Waals surface area contributed by atoms with Crippen LogP contribution in [0.15, 0.2) is 46.9 Å². The molecular weight excluding hydrogens is 318 g/mol. The molecule has 126 valence electrons. The first kappa shape index (κ1) is 15.4. The van der Waals surface area contributed by atoms with Crippen molar-refractivity contribution in [2.24, 2.45) is 11.7 Å². The SMILES string of the molecule is Cc1cccc(-c2nc3cc(N4C[C@@H](C(N)=O)CC4=O)ccc3o2)c1. The van der Waals surface area contributed by atoms with Gasteiger partial charge in [0.1, 0.15) is 5.52 Å². The third-order valence-corrected chi connectivity index (χ3v) is 4.48. The molecule has 2 amide bonds. The quantitative estimate of drug-likeness (QED) is 0.797. The Morgan fingerprint density at radius 3 is 2.84 bits per heavy atom. The van der Waals surface area contributed by atoms with Gasteiger partial charge in [0, 0.05) is 24.2 Å². The molecule has 25 heavy (non-hydrogen) atoms. The van der Waals surface area contributed by atoms with Crippen LogP contribution < -0.4 is 10.6 Å². The number of aryl methyl sites for hydroxylation is 1. The highest BCUT2D eigenvalue weighted by Gasteiger charge is 2.34. The van der Waals surface area contributed by atoms with Crippen molar-refractivity contribution >= 4 is 28.6 Å². The van der Waals surface area contributed by atoms with Crippen LogP contribution in [0.1, 0.15) is 12.0 Å². The summed E-state index contributed by atoms with van der Waals surface area (Å²) in [5.74, 6) is -0.451. The molecule has 2 heterocycles. The lowest BCUT2D eigenvalue weighted by molar-refractivity contribution is -0.123. The summed E-state index contributed by atoms with van der Waals surface area (Å²) in [5.41, 5.74) is 9.38. The third-order valence-electron chi connectivity index (χ3n) is 4.48. The van der Waals surface area contributed by atoms with Gasteiger partial charge in [0.25, 0.3) is 0 Å². The fraction of sp³-hybridized carbons (Fsp3) is 0.211. The van der Waals surface area contributed by atoms with Crippen LogP contribution >= 0.6 is 0 Å². The van der Waals surface area contributed by atoms with Crippen molar-refractivity contribution in [2.45, 2.75) is 13.3 Å². The first-order valence-electron chi connectivity index (χ1n) is 8.08. The van der Waals surface area contributed by atoms with Gasteiger partial charge in [-0.1, -0.05) is 17.7 Å². The summed E-state index contributed by atoms with van der Waals surface area (Å²) in [5, 5.41) is 0. The molecule has 2 N–H and O–H groups in total. The maximum atomic E-state index is 12.2. The molecule has 1 aliphatic heterocycles. The van der Waals surface area contributed by atoms with Crippen molar-refractivity contribution < 1.29 is 14.0 Å². The predicted molar refractivity (Wildman–Crippen MR) is 93.8 cm³/mol. The number of primary amides is 1. The number of oxazole rings is 1. The number of nitrogens with zero attached hydrogens (tertiary/aromatic N) is 2. The van der Waals surface area contributed by atoms with Crippen LogP contribution in [0.2, 0.25) is 0 Å². The van der Waals surface area contributed by atoms with Crippen LogP contribution in [-0.4, -0.2) is 23.3 Å². The van der Waals surface area contributed by atoms with E-state index in [-0.39, 0.29) is 12.3 Å². The van der Waals surface area contributed by atoms with Crippen LogP contribution in [0.5, 0.6) is 0 Å². The van der Waals surface area contributed by atoms with Crippen molar-refractivity contribution in [3.8, 4) is 11.5 Å². The molecule has 2 aromatic carbocycles. The van der Waals surface area contributed by atoms with E-state index in [1.807, 2.05) is 31.2 Å². The first-order chi connectivity index (χ1) is 12.0. The normalized spacial score (nSPS) is 17.4. The van der Waals surface area contributed by atoms with Crippen molar-refractivity contribution in [3.05, 3.63) is 48.0 Å². The summed E-state index contributed by atoms with van der Waals surface area (Å²) in [7, 11) is 0. The molecule has 6 heteroatoms. The van der Waals surface area contributed by atoms with Gasteiger partial charge in [-0.3, -0.25) is 9.59 Å². The van der Waals surface area contributed by atoms with E-state index in [4.69, 9.17) is 10.2 Å². The van der Waals surface area contributed by atoms with E-state index in [9.17, 15) is 9.59 Å². The summed E-state index contributed by atoms with van der Waals surface area (Å²) in [4.78, 5) is 29.6. The molecule has 6 nitrogen and oxygen atoms in total. The summed E-state index contributed by atoms with van der Waals surface area (Å²) < 4.78 is 5.82. The maximum Gasteiger partial charge on any atom is 0.227 e. The Balaban J connectivity index is 1.69. The summed E-state index contributed by atoms with van der Waals surface area (Å²) in [6.45, 7) is 2.32. The van der Waals surface area contributed by atoms with Crippen LogP contribution in [0.3, 0.4) is 0 Å². The van der Waals surface area contributed by atoms with E-state index >= 15 is 0 Å². The number of rotatable bonds is 3. The predicted octanol–water partition coefficient (Wildman–Crippen LogP) is 2.64. The molecule has 0 unspecified atom stereocenters. The number of hydrogen-bond donors (Lipinski definition) is 1. The highest BCUT2D eigenvalue weighted by atomic mass is 16.3. The second-order valence-corrected chi connectivity index (χ2v) is 6.35. The topological polar surface area (TPSA) is 89.4 Å². The largest absolute Gasteiger partial charge is 0.436 e. The van der Waals surface area contributed by atoms with Gasteiger partial charge in [-0.15, -0.1) is 0 Å². The number of fused-ring (bicyclic) bond motifs is 1. The summed E-state index contributed by atoms with van der Waals surface area (Å²) in [6.07, 6.45) is 0.154. The molecule has 0 radical (unpaired) electrons. The van der Waals surface area contributed by atoms with Gasteiger partial charge >= 0.3 is 0 Å². The van der Waals surface area contributed by atoms with E-state index in [1.54, 1.807) is 23.1 Å². The molecule has 4 rings (SSSR count). The van der Waals surface area contributed by atoms with Crippen LogP contribution in [-0.2, 0) is 9.59 Å². The van der Waals surface area contributed by atoms with Crippen LogP contribution in [0.25, 0.3) is 22.6 Å². The van der Waals surface area contributed by atoms with Gasteiger partial charge in [-0.05, 0) is 37.3 Å². The van der Waals surface area contributed by atoms with Gasteiger partial charge in [0.15, 0.2) is 5.58 Å². The number of carbonyl (C=O) groups excluding carboxylic acids is 2. The Kier molecular flexibility index (Phi) is 3.53. The van der Waals surface area contributed by atoms with Gasteiger partial charge in [0.05, 0.1) is 5.92 Å². The third kappa shape index (κ3) is 2.76. The minimum absolute atomic E-state index is 0.106. The molecule has 0 spiro atoms. The Labute approximate surface area is 144 Å². The summed E-state index contributed by atoms with van der Waals surface area (Å²) >= 11 is 0. The lowest BCUT2D eigenvalue weighted by Crippen LogP contribution is -2.28. The molecule has 0 bridgehead atoms. The smallest absolute Gasteiger partial charge is 0.227 e. The Morgan fingerprint density at radius 2 is 2.12 bits per heavy atom. The maximum absolute atomic E-state index is 12.2. The average molecular weight is 335 g/mol. The molecule has 1 aromatic heterocycles. The standard InChI is InChI=1S/C19H17N3O3/c1-11-3-2-4-12(7-11)19-21-15-9-14(5-6-16(15)25-19)22-10-13(18(20)24)8-17(22)23/h2-7,9,13H,8,10H2,1H3,(H2,20,24)/t13-/m0/s1. The summed E-state index contributed by atoms with van der Waals surface area (Å²) in [6, 6.07) is 13.3. The first-order valence-corrected chi connectivity index (χ1v) is 8.08. The molecule has 1 aliphatic rings. The fourth-order valence-electron chi connectivity index (χ4n) is 3.13. The molecule has 0 saturated carbocycles. The average Bonchev–Trinajstić information content (AvgIpc) is 3.17. The molecule has 1 atom stereocenters. The number of nitrogens with two attached hydrogens (primary N) is 1. The van der Waals surface area contributed by atoms with E-state index in [2.05, 4.69) is 4.98 Å². The van der Waals surface area contributed by atoms with E-state index < -0.39 is 11.8 Å².